The molecule has 0 heterocycles. The molecular weight excluding hydrogens is 805 g/mol. The van der Waals surface area contributed by atoms with E-state index in [9.17, 15) is 14.4 Å². The molecule has 0 spiro atoms. The largest absolute Gasteiger partial charge is 0.462 e. The number of carbonyl (C=O) groups is 3. The van der Waals surface area contributed by atoms with E-state index in [4.69, 9.17) is 14.2 Å². The van der Waals surface area contributed by atoms with Crippen LogP contribution in [0.3, 0.4) is 0 Å². The van der Waals surface area contributed by atoms with Crippen LogP contribution in [0.5, 0.6) is 0 Å². The Morgan fingerprint density at radius 1 is 0.292 bits per heavy atom. The first-order valence-corrected chi connectivity index (χ1v) is 29.2. The van der Waals surface area contributed by atoms with Crippen LogP contribution in [0.15, 0.2) is 12.2 Å². The summed E-state index contributed by atoms with van der Waals surface area (Å²) < 4.78 is 16.9. The molecule has 1 atom stereocenters. The second-order valence-electron chi connectivity index (χ2n) is 19.9. The fraction of sp³-hybridized carbons (Fsp3) is 0.915. The summed E-state index contributed by atoms with van der Waals surface area (Å²) in [5.41, 5.74) is 0. The zero-order chi connectivity index (χ0) is 47.2. The molecule has 6 heteroatoms. The summed E-state index contributed by atoms with van der Waals surface area (Å²) >= 11 is 0. The number of ether oxygens (including phenoxy) is 3. The smallest absolute Gasteiger partial charge is 0.306 e. The summed E-state index contributed by atoms with van der Waals surface area (Å²) in [7, 11) is 0. The molecule has 0 rings (SSSR count). The van der Waals surface area contributed by atoms with E-state index in [0.29, 0.717) is 19.3 Å². The number of rotatable bonds is 54. The Hall–Kier alpha value is -1.85. The Morgan fingerprint density at radius 2 is 0.508 bits per heavy atom. The highest BCUT2D eigenvalue weighted by molar-refractivity contribution is 5.71. The van der Waals surface area contributed by atoms with Crippen LogP contribution in [0.2, 0.25) is 0 Å². The Kier molecular flexibility index (Phi) is 53.2. The van der Waals surface area contributed by atoms with Crippen LogP contribution in [-0.2, 0) is 28.6 Å². The molecule has 384 valence electrons. The molecule has 65 heavy (non-hydrogen) atoms. The van der Waals surface area contributed by atoms with Gasteiger partial charge in [0, 0.05) is 19.3 Å². The molecule has 0 fully saturated rings. The number of hydrogen-bond acceptors (Lipinski definition) is 6. The van der Waals surface area contributed by atoms with Crippen molar-refractivity contribution >= 4 is 17.9 Å². The first-order chi connectivity index (χ1) is 32.0. The topological polar surface area (TPSA) is 78.9 Å². The molecule has 6 nitrogen and oxygen atoms in total. The van der Waals surface area contributed by atoms with E-state index in [1.165, 1.54) is 231 Å². The van der Waals surface area contributed by atoms with E-state index in [2.05, 4.69) is 32.9 Å². The molecule has 0 aliphatic carbocycles. The van der Waals surface area contributed by atoms with Gasteiger partial charge in [-0.1, -0.05) is 277 Å². The average Bonchev–Trinajstić information content (AvgIpc) is 3.30. The van der Waals surface area contributed by atoms with Gasteiger partial charge in [-0.05, 0) is 44.9 Å². The summed E-state index contributed by atoms with van der Waals surface area (Å²) in [5.74, 6) is -0.845. The van der Waals surface area contributed by atoms with Crippen LogP contribution < -0.4 is 0 Å². The molecule has 0 radical (unpaired) electrons. The van der Waals surface area contributed by atoms with Gasteiger partial charge in [-0.15, -0.1) is 0 Å². The van der Waals surface area contributed by atoms with Gasteiger partial charge in [0.2, 0.25) is 0 Å². The number of esters is 3. The maximum absolute atomic E-state index is 12.9. The number of allylic oxidation sites excluding steroid dienone is 2. The van der Waals surface area contributed by atoms with Gasteiger partial charge < -0.3 is 14.2 Å². The van der Waals surface area contributed by atoms with Crippen LogP contribution in [-0.4, -0.2) is 37.2 Å². The van der Waals surface area contributed by atoms with Gasteiger partial charge >= 0.3 is 17.9 Å². The van der Waals surface area contributed by atoms with E-state index in [-0.39, 0.29) is 31.1 Å². The molecule has 0 N–H and O–H groups in total. The van der Waals surface area contributed by atoms with Crippen molar-refractivity contribution in [2.75, 3.05) is 13.2 Å². The second-order valence-corrected chi connectivity index (χ2v) is 19.9. The Bertz CT molecular complexity index is 1010. The lowest BCUT2D eigenvalue weighted by atomic mass is 10.0. The molecule has 0 aromatic carbocycles. The Labute approximate surface area is 405 Å². The maximum atomic E-state index is 12.9. The Morgan fingerprint density at radius 3 is 0.769 bits per heavy atom. The standard InChI is InChI=1S/C59H112O6/c1-4-7-10-13-16-19-22-25-27-29-31-34-37-40-43-46-49-52-58(61)64-55-56(54-63-57(60)51-48-45-42-39-36-33-24-21-18-15-12-9-6-3)65-59(62)53-50-47-44-41-38-35-32-30-28-26-23-20-17-14-11-8-5-2/h25,27,56H,4-24,26,28-55H2,1-3H3/b27-25-. The van der Waals surface area contributed by atoms with E-state index in [1.54, 1.807) is 0 Å². The van der Waals surface area contributed by atoms with Gasteiger partial charge in [0.05, 0.1) is 0 Å². The average molecular weight is 918 g/mol. The van der Waals surface area contributed by atoms with Crippen LogP contribution in [0.25, 0.3) is 0 Å². The van der Waals surface area contributed by atoms with Gasteiger partial charge in [-0.2, -0.15) is 0 Å². The van der Waals surface area contributed by atoms with Gasteiger partial charge in [0.25, 0.3) is 0 Å². The highest BCUT2D eigenvalue weighted by Gasteiger charge is 2.19. The van der Waals surface area contributed by atoms with Gasteiger partial charge in [0.1, 0.15) is 13.2 Å². The third-order valence-corrected chi connectivity index (χ3v) is 13.3. The zero-order valence-electron chi connectivity index (χ0n) is 44.0. The lowest BCUT2D eigenvalue weighted by Gasteiger charge is -2.18. The normalized spacial score (nSPS) is 12.0. The molecule has 0 bridgehead atoms. The lowest BCUT2D eigenvalue weighted by Crippen LogP contribution is -2.30. The molecule has 0 aromatic heterocycles. The van der Waals surface area contributed by atoms with Crippen LogP contribution in [0.4, 0.5) is 0 Å². The van der Waals surface area contributed by atoms with E-state index in [0.717, 1.165) is 57.8 Å². The second kappa shape index (κ2) is 54.8. The predicted octanol–water partition coefficient (Wildman–Crippen LogP) is 19.3. The minimum atomic E-state index is -0.766. The SMILES string of the molecule is CCCCCCCC/C=C\CCCCCCCCCC(=O)OCC(COC(=O)CCCCCCCCCCCCCCC)OC(=O)CCCCCCCCCCCCCCCCCCC. The van der Waals surface area contributed by atoms with Crippen molar-refractivity contribution in [1.29, 1.82) is 0 Å². The summed E-state index contributed by atoms with van der Waals surface area (Å²) in [6.07, 6.45) is 62.0. The Balaban J connectivity index is 4.31. The fourth-order valence-corrected chi connectivity index (χ4v) is 8.85. The molecule has 0 saturated carbocycles. The summed E-state index contributed by atoms with van der Waals surface area (Å²) in [4.78, 5) is 38.1. The minimum Gasteiger partial charge on any atom is -0.462 e. The van der Waals surface area contributed by atoms with Crippen molar-refractivity contribution < 1.29 is 28.6 Å². The molecule has 0 amide bonds. The van der Waals surface area contributed by atoms with E-state index >= 15 is 0 Å². The number of unbranched alkanes of at least 4 members (excludes halogenated alkanes) is 41. The maximum Gasteiger partial charge on any atom is 0.306 e. The number of hydrogen-bond donors (Lipinski definition) is 0. The fourth-order valence-electron chi connectivity index (χ4n) is 8.85. The van der Waals surface area contributed by atoms with Crippen molar-refractivity contribution in [2.45, 2.75) is 335 Å². The van der Waals surface area contributed by atoms with Gasteiger partial charge in [-0.3, -0.25) is 14.4 Å². The molecular formula is C59H112O6. The molecule has 0 aliphatic rings. The zero-order valence-corrected chi connectivity index (χ0v) is 44.0. The first-order valence-electron chi connectivity index (χ1n) is 29.2. The van der Waals surface area contributed by atoms with Crippen LogP contribution >= 0.6 is 0 Å². The van der Waals surface area contributed by atoms with Crippen LogP contribution in [0.1, 0.15) is 329 Å². The highest BCUT2D eigenvalue weighted by Crippen LogP contribution is 2.17. The van der Waals surface area contributed by atoms with E-state index < -0.39 is 6.10 Å². The minimum absolute atomic E-state index is 0.0652. The van der Waals surface area contributed by atoms with E-state index in [1.807, 2.05) is 0 Å². The van der Waals surface area contributed by atoms with Crippen molar-refractivity contribution in [2.24, 2.45) is 0 Å². The summed E-state index contributed by atoms with van der Waals surface area (Å²) in [6, 6.07) is 0. The third kappa shape index (κ3) is 53.0. The third-order valence-electron chi connectivity index (χ3n) is 13.3. The molecule has 1 unspecified atom stereocenters. The predicted molar refractivity (Wildman–Crippen MR) is 280 cm³/mol. The van der Waals surface area contributed by atoms with Gasteiger partial charge in [0.15, 0.2) is 6.10 Å². The highest BCUT2D eigenvalue weighted by atomic mass is 16.6. The quantitative estimate of drug-likeness (QED) is 0.0262. The molecule has 0 saturated heterocycles. The first kappa shape index (κ1) is 63.1. The lowest BCUT2D eigenvalue weighted by molar-refractivity contribution is -0.167. The van der Waals surface area contributed by atoms with Crippen molar-refractivity contribution in [3.05, 3.63) is 12.2 Å². The van der Waals surface area contributed by atoms with Crippen LogP contribution in [0, 0.1) is 0 Å². The molecule has 0 aromatic rings. The summed E-state index contributed by atoms with van der Waals surface area (Å²) in [6.45, 7) is 6.69. The van der Waals surface area contributed by atoms with Crippen molar-refractivity contribution in [3.8, 4) is 0 Å². The summed E-state index contributed by atoms with van der Waals surface area (Å²) in [5, 5.41) is 0. The van der Waals surface area contributed by atoms with Gasteiger partial charge in [-0.25, -0.2) is 0 Å². The monoisotopic (exact) mass is 917 g/mol. The van der Waals surface area contributed by atoms with Crippen molar-refractivity contribution in [1.82, 2.24) is 0 Å². The van der Waals surface area contributed by atoms with Crippen molar-refractivity contribution in [3.63, 3.8) is 0 Å². The number of carbonyl (C=O) groups excluding carboxylic acids is 3. The molecule has 0 aliphatic heterocycles.